The van der Waals surface area contributed by atoms with Crippen LogP contribution in [0, 0.1) is 0 Å². The molecule has 6 bridgehead atoms. The highest BCUT2D eigenvalue weighted by atomic mass is 16.5. The lowest BCUT2D eigenvalue weighted by molar-refractivity contribution is -0.956. The predicted molar refractivity (Wildman–Crippen MR) is 202 cm³/mol. The molecule has 0 fully saturated rings. The standard InChI is InChI=1S/C43H50N2O8/c1-8-9-33(43(46)47)45(3)19-17-28-23-36(49-5)38-25-31(28)34(45)21-26-10-13-30(14-11-26)52-37-22-27(12-15-35(37)48-4)20-32-40-29(16-18-44(32)2)24-39(50-6)41(51-7)42(40)53-38/h10-15,22-25,32-34H,8-9,16-21H2,1-7H3/p+1. The number of likely N-dealkylation sites (N-methyl/N-ethyl adjacent to an activating group) is 2. The van der Waals surface area contributed by atoms with Gasteiger partial charge in [-0.2, -0.15) is 0 Å². The van der Waals surface area contributed by atoms with Crippen molar-refractivity contribution in [2.75, 3.05) is 55.6 Å². The fourth-order valence-corrected chi connectivity index (χ4v) is 8.79. The van der Waals surface area contributed by atoms with Crippen molar-refractivity contribution in [3.63, 3.8) is 0 Å². The fraction of sp³-hybridized carbons (Fsp3) is 0.419. The van der Waals surface area contributed by atoms with E-state index in [1.54, 1.807) is 28.4 Å². The van der Waals surface area contributed by atoms with Crippen molar-refractivity contribution >= 4 is 5.97 Å². The lowest BCUT2D eigenvalue weighted by Crippen LogP contribution is -2.60. The third kappa shape index (κ3) is 6.63. The van der Waals surface area contributed by atoms with E-state index in [2.05, 4.69) is 68.4 Å². The minimum Gasteiger partial charge on any atom is -0.493 e. The molecule has 4 aromatic rings. The molecule has 8 rings (SSSR count). The second-order valence-corrected chi connectivity index (χ2v) is 14.7. The number of hydrogen-bond acceptors (Lipinski definition) is 8. The summed E-state index contributed by atoms with van der Waals surface area (Å²) < 4.78 is 37.8. The number of hydrogen-bond donors (Lipinski definition) is 1. The number of carboxylic acids is 1. The molecule has 0 aromatic heterocycles. The van der Waals surface area contributed by atoms with Gasteiger partial charge in [0.05, 0.1) is 42.0 Å². The van der Waals surface area contributed by atoms with Crippen molar-refractivity contribution in [3.8, 4) is 46.0 Å². The predicted octanol–water partition coefficient (Wildman–Crippen LogP) is 7.93. The van der Waals surface area contributed by atoms with E-state index >= 15 is 0 Å². The van der Waals surface area contributed by atoms with Crippen LogP contribution in [-0.2, 0) is 30.5 Å². The molecule has 4 unspecified atom stereocenters. The Morgan fingerprint density at radius 1 is 0.849 bits per heavy atom. The van der Waals surface area contributed by atoms with Gasteiger partial charge in [-0.25, -0.2) is 4.79 Å². The summed E-state index contributed by atoms with van der Waals surface area (Å²) in [6.45, 7) is 3.58. The zero-order chi connectivity index (χ0) is 37.4. The first-order valence-corrected chi connectivity index (χ1v) is 18.5. The van der Waals surface area contributed by atoms with Gasteiger partial charge in [0.1, 0.15) is 11.8 Å². The van der Waals surface area contributed by atoms with Crippen LogP contribution in [0.25, 0.3) is 0 Å². The Morgan fingerprint density at radius 3 is 2.23 bits per heavy atom. The molecule has 1 N–H and O–H groups in total. The van der Waals surface area contributed by atoms with Gasteiger partial charge in [0.2, 0.25) is 5.75 Å². The van der Waals surface area contributed by atoms with Crippen molar-refractivity contribution in [2.45, 2.75) is 63.6 Å². The van der Waals surface area contributed by atoms with E-state index in [-0.39, 0.29) is 12.1 Å². The van der Waals surface area contributed by atoms with Crippen LogP contribution in [0.2, 0.25) is 0 Å². The second kappa shape index (κ2) is 14.8. The molecule has 0 saturated heterocycles. The van der Waals surface area contributed by atoms with Crippen molar-refractivity contribution in [1.82, 2.24) is 4.90 Å². The minimum absolute atomic E-state index is 0.0744. The SMILES string of the molecule is CCCC(C(=O)O)[N+]1(C)CCc2cc(OC)c3cc2C1Cc1ccc(cc1)Oc1cc(ccc1OC)CC1c2c(cc(OC)c(OC)c2O3)CCN1C. The van der Waals surface area contributed by atoms with E-state index in [4.69, 9.17) is 28.4 Å². The Kier molecular flexibility index (Phi) is 10.2. The summed E-state index contributed by atoms with van der Waals surface area (Å²) in [6, 6.07) is 19.6. The van der Waals surface area contributed by atoms with Crippen LogP contribution in [0.3, 0.4) is 0 Å². The summed E-state index contributed by atoms with van der Waals surface area (Å²) in [6.07, 6.45) is 4.15. The van der Waals surface area contributed by atoms with E-state index < -0.39 is 12.0 Å². The van der Waals surface area contributed by atoms with Crippen LogP contribution in [0.1, 0.15) is 65.2 Å². The van der Waals surface area contributed by atoms with E-state index in [1.807, 2.05) is 18.2 Å². The monoisotopic (exact) mass is 723 g/mol. The number of carboxylic acid groups (broad SMARTS) is 1. The maximum Gasteiger partial charge on any atom is 0.362 e. The third-order valence-corrected chi connectivity index (χ3v) is 11.7. The van der Waals surface area contributed by atoms with E-state index in [0.29, 0.717) is 82.7 Å². The lowest BCUT2D eigenvalue weighted by Gasteiger charge is -2.49. The Balaban J connectivity index is 1.49. The Hall–Kier alpha value is -4.93. The van der Waals surface area contributed by atoms with Gasteiger partial charge in [0, 0.05) is 43.0 Å². The lowest BCUT2D eigenvalue weighted by atomic mass is 9.84. The fourth-order valence-electron chi connectivity index (χ4n) is 8.79. The van der Waals surface area contributed by atoms with Gasteiger partial charge in [-0.15, -0.1) is 0 Å². The van der Waals surface area contributed by atoms with Crippen molar-refractivity contribution in [2.24, 2.45) is 0 Å². The maximum atomic E-state index is 13.0. The highest BCUT2D eigenvalue weighted by molar-refractivity contribution is 5.72. The van der Waals surface area contributed by atoms with Gasteiger partial charge >= 0.3 is 5.97 Å². The number of carbonyl (C=O) groups is 1. The van der Waals surface area contributed by atoms with Crippen LogP contribution in [0.5, 0.6) is 46.0 Å². The van der Waals surface area contributed by atoms with Crippen molar-refractivity contribution in [3.05, 3.63) is 94.0 Å². The maximum absolute atomic E-state index is 13.0. The van der Waals surface area contributed by atoms with E-state index in [1.165, 1.54) is 0 Å². The molecule has 4 aliphatic rings. The summed E-state index contributed by atoms with van der Waals surface area (Å²) in [7, 11) is 10.8. The third-order valence-electron chi connectivity index (χ3n) is 11.7. The topological polar surface area (TPSA) is 95.9 Å². The molecule has 4 aromatic carbocycles. The zero-order valence-corrected chi connectivity index (χ0v) is 31.9. The number of quaternary nitrogens is 1. The van der Waals surface area contributed by atoms with Crippen LogP contribution in [0.15, 0.2) is 60.7 Å². The molecule has 0 aliphatic carbocycles. The number of rotatable bonds is 8. The van der Waals surface area contributed by atoms with Gasteiger partial charge in [0.25, 0.3) is 0 Å². The Bertz CT molecular complexity index is 2000. The second-order valence-electron chi connectivity index (χ2n) is 14.7. The number of aliphatic carboxylic acids is 1. The summed E-state index contributed by atoms with van der Waals surface area (Å²) in [5.41, 5.74) is 6.50. The first-order chi connectivity index (χ1) is 25.6. The number of nitrogens with zero attached hydrogens (tertiary/aromatic N) is 2. The molecule has 53 heavy (non-hydrogen) atoms. The van der Waals surface area contributed by atoms with Crippen LogP contribution in [-0.4, -0.2) is 82.1 Å². The van der Waals surface area contributed by atoms with Gasteiger partial charge in [-0.05, 0) is 91.0 Å². The molecule has 10 heteroatoms. The number of benzene rings is 4. The van der Waals surface area contributed by atoms with Crippen molar-refractivity contribution in [1.29, 1.82) is 0 Å². The first kappa shape index (κ1) is 36.4. The minimum atomic E-state index is -0.773. The molecular weight excluding hydrogens is 672 g/mol. The van der Waals surface area contributed by atoms with Crippen molar-refractivity contribution < 1.29 is 42.8 Å². The number of fused-ring (bicyclic) bond motifs is 2. The molecule has 4 atom stereocenters. The average Bonchev–Trinajstić information content (AvgIpc) is 3.16. The first-order valence-electron chi connectivity index (χ1n) is 18.5. The zero-order valence-electron chi connectivity index (χ0n) is 31.9. The molecular formula is C43H51N2O8+. The van der Waals surface area contributed by atoms with Crippen LogP contribution < -0.4 is 28.4 Å². The summed E-state index contributed by atoms with van der Waals surface area (Å²) in [5, 5.41) is 10.7. The molecule has 0 spiro atoms. The Labute approximate surface area is 312 Å². The smallest absolute Gasteiger partial charge is 0.362 e. The van der Waals surface area contributed by atoms with Crippen LogP contribution in [0.4, 0.5) is 0 Å². The summed E-state index contributed by atoms with van der Waals surface area (Å²) >= 11 is 0. The molecule has 4 aliphatic heterocycles. The summed E-state index contributed by atoms with van der Waals surface area (Å²) in [5.74, 6) is 4.03. The Morgan fingerprint density at radius 2 is 1.55 bits per heavy atom. The number of ether oxygens (including phenoxy) is 6. The highest BCUT2D eigenvalue weighted by Crippen LogP contribution is 2.52. The normalized spacial score (nSPS) is 21.2. The number of methoxy groups -OCH3 is 4. The van der Waals surface area contributed by atoms with Gasteiger partial charge in [-0.3, -0.25) is 4.90 Å². The molecule has 0 amide bonds. The van der Waals surface area contributed by atoms with E-state index in [0.717, 1.165) is 52.8 Å². The molecule has 0 radical (unpaired) electrons. The van der Waals surface area contributed by atoms with Gasteiger partial charge in [-0.1, -0.05) is 25.1 Å². The highest BCUT2D eigenvalue weighted by Gasteiger charge is 2.48. The van der Waals surface area contributed by atoms with Gasteiger partial charge in [0.15, 0.2) is 40.5 Å². The van der Waals surface area contributed by atoms with Gasteiger partial charge < -0.3 is 38.0 Å². The molecule has 0 saturated carbocycles. The van der Waals surface area contributed by atoms with E-state index in [9.17, 15) is 9.90 Å². The van der Waals surface area contributed by atoms with Crippen LogP contribution >= 0.6 is 0 Å². The average molecular weight is 724 g/mol. The molecule has 280 valence electrons. The molecule has 10 nitrogen and oxygen atoms in total. The quantitative estimate of drug-likeness (QED) is 0.182. The molecule has 4 heterocycles. The summed E-state index contributed by atoms with van der Waals surface area (Å²) in [4.78, 5) is 15.3. The largest absolute Gasteiger partial charge is 0.493 e.